The molecular formula is C14H28N2O. The highest BCUT2D eigenvalue weighted by Gasteiger charge is 2.37. The van der Waals surface area contributed by atoms with Gasteiger partial charge in [-0.05, 0) is 25.7 Å². The Labute approximate surface area is 106 Å². The highest BCUT2D eigenvalue weighted by molar-refractivity contribution is 5.77. The molecule has 1 heterocycles. The fraction of sp³-hybridized carbons (Fsp3) is 0.929. The zero-order valence-electron chi connectivity index (χ0n) is 12.2. The first-order chi connectivity index (χ1) is 7.74. The van der Waals surface area contributed by atoms with Crippen LogP contribution in [0.25, 0.3) is 0 Å². The molecule has 0 aliphatic carbocycles. The van der Waals surface area contributed by atoms with E-state index in [1.807, 2.05) is 0 Å². The van der Waals surface area contributed by atoms with E-state index in [2.05, 4.69) is 51.8 Å². The number of amides is 1. The lowest BCUT2D eigenvalue weighted by Crippen LogP contribution is -2.64. The van der Waals surface area contributed by atoms with Crippen LogP contribution in [0.4, 0.5) is 0 Å². The minimum Gasteiger partial charge on any atom is -0.335 e. The van der Waals surface area contributed by atoms with E-state index in [1.165, 1.54) is 0 Å². The van der Waals surface area contributed by atoms with Crippen LogP contribution in [0.3, 0.4) is 0 Å². The van der Waals surface area contributed by atoms with Crippen molar-refractivity contribution in [3.05, 3.63) is 0 Å². The molecule has 1 aliphatic rings. The van der Waals surface area contributed by atoms with E-state index in [1.54, 1.807) is 0 Å². The first-order valence-corrected chi connectivity index (χ1v) is 6.78. The number of carbonyl (C=O) groups is 1. The van der Waals surface area contributed by atoms with Gasteiger partial charge in [-0.15, -0.1) is 0 Å². The Bertz CT molecular complexity index is 271. The molecule has 100 valence electrons. The summed E-state index contributed by atoms with van der Waals surface area (Å²) in [6.45, 7) is 14.7. The van der Waals surface area contributed by atoms with Gasteiger partial charge in [-0.1, -0.05) is 27.7 Å². The van der Waals surface area contributed by atoms with Gasteiger partial charge < -0.3 is 10.2 Å². The number of piperazine rings is 1. The number of hydrogen-bond donors (Lipinski definition) is 1. The van der Waals surface area contributed by atoms with Crippen LogP contribution < -0.4 is 5.32 Å². The molecule has 0 aromatic carbocycles. The molecule has 0 radical (unpaired) electrons. The lowest BCUT2D eigenvalue weighted by atomic mass is 9.92. The summed E-state index contributed by atoms with van der Waals surface area (Å²) in [6, 6.07) is 0.430. The van der Waals surface area contributed by atoms with Gasteiger partial charge in [0.15, 0.2) is 0 Å². The fourth-order valence-corrected chi connectivity index (χ4v) is 2.33. The highest BCUT2D eigenvalue weighted by atomic mass is 16.2. The first-order valence-electron chi connectivity index (χ1n) is 6.78. The fourth-order valence-electron chi connectivity index (χ4n) is 2.33. The SMILES string of the molecule is CC(C)CC(=O)N1CC(C(C)C)NCC1(C)C. The molecular weight excluding hydrogens is 212 g/mol. The van der Waals surface area contributed by atoms with Gasteiger partial charge in [0.25, 0.3) is 0 Å². The molecule has 1 N–H and O–H groups in total. The molecule has 1 unspecified atom stereocenters. The molecule has 0 aromatic heterocycles. The first kappa shape index (κ1) is 14.5. The van der Waals surface area contributed by atoms with Crippen molar-refractivity contribution in [2.75, 3.05) is 13.1 Å². The Morgan fingerprint density at radius 3 is 2.41 bits per heavy atom. The van der Waals surface area contributed by atoms with Crippen LogP contribution in [0, 0.1) is 11.8 Å². The van der Waals surface area contributed by atoms with Crippen molar-refractivity contribution < 1.29 is 4.79 Å². The highest BCUT2D eigenvalue weighted by Crippen LogP contribution is 2.23. The topological polar surface area (TPSA) is 32.3 Å². The molecule has 0 spiro atoms. The molecule has 17 heavy (non-hydrogen) atoms. The lowest BCUT2D eigenvalue weighted by molar-refractivity contribution is -0.140. The van der Waals surface area contributed by atoms with Crippen LogP contribution in [-0.2, 0) is 4.79 Å². The Morgan fingerprint density at radius 1 is 1.35 bits per heavy atom. The van der Waals surface area contributed by atoms with Crippen molar-refractivity contribution in [1.82, 2.24) is 10.2 Å². The summed E-state index contributed by atoms with van der Waals surface area (Å²) in [4.78, 5) is 14.4. The third-order valence-electron chi connectivity index (χ3n) is 3.60. The molecule has 1 fully saturated rings. The summed E-state index contributed by atoms with van der Waals surface area (Å²) < 4.78 is 0. The quantitative estimate of drug-likeness (QED) is 0.821. The van der Waals surface area contributed by atoms with E-state index in [9.17, 15) is 4.79 Å². The largest absolute Gasteiger partial charge is 0.335 e. The van der Waals surface area contributed by atoms with Crippen LogP contribution in [0.1, 0.15) is 48.0 Å². The van der Waals surface area contributed by atoms with Crippen molar-refractivity contribution in [1.29, 1.82) is 0 Å². The van der Waals surface area contributed by atoms with Crippen LogP contribution in [0.5, 0.6) is 0 Å². The van der Waals surface area contributed by atoms with Crippen LogP contribution in [-0.4, -0.2) is 35.5 Å². The Kier molecular flexibility index (Phi) is 4.59. The van der Waals surface area contributed by atoms with Gasteiger partial charge in [0, 0.05) is 31.1 Å². The molecule has 1 atom stereocenters. The van der Waals surface area contributed by atoms with Crippen molar-refractivity contribution in [2.45, 2.75) is 59.5 Å². The van der Waals surface area contributed by atoms with Gasteiger partial charge in [-0.2, -0.15) is 0 Å². The van der Waals surface area contributed by atoms with Crippen molar-refractivity contribution in [2.24, 2.45) is 11.8 Å². The second-order valence-electron chi connectivity index (χ2n) is 6.65. The van der Waals surface area contributed by atoms with Crippen LogP contribution in [0.15, 0.2) is 0 Å². The monoisotopic (exact) mass is 240 g/mol. The van der Waals surface area contributed by atoms with Gasteiger partial charge >= 0.3 is 0 Å². The van der Waals surface area contributed by atoms with E-state index in [0.29, 0.717) is 30.2 Å². The normalized spacial score (nSPS) is 24.5. The third kappa shape index (κ3) is 3.70. The molecule has 3 nitrogen and oxygen atoms in total. The summed E-state index contributed by atoms with van der Waals surface area (Å²) in [5.74, 6) is 1.31. The molecule has 1 aliphatic heterocycles. The Balaban J connectivity index is 2.73. The summed E-state index contributed by atoms with van der Waals surface area (Å²) >= 11 is 0. The molecule has 0 aromatic rings. The molecule has 3 heteroatoms. The van der Waals surface area contributed by atoms with E-state index in [-0.39, 0.29) is 5.54 Å². The Morgan fingerprint density at radius 2 is 1.94 bits per heavy atom. The second kappa shape index (κ2) is 5.38. The maximum absolute atomic E-state index is 12.3. The zero-order chi connectivity index (χ0) is 13.2. The Hall–Kier alpha value is -0.570. The maximum Gasteiger partial charge on any atom is 0.223 e. The van der Waals surface area contributed by atoms with Crippen LogP contribution in [0.2, 0.25) is 0 Å². The lowest BCUT2D eigenvalue weighted by Gasteiger charge is -2.47. The van der Waals surface area contributed by atoms with E-state index in [4.69, 9.17) is 0 Å². The third-order valence-corrected chi connectivity index (χ3v) is 3.60. The van der Waals surface area contributed by atoms with Gasteiger partial charge in [0.2, 0.25) is 5.91 Å². The zero-order valence-corrected chi connectivity index (χ0v) is 12.2. The number of rotatable bonds is 3. The maximum atomic E-state index is 12.3. The van der Waals surface area contributed by atoms with E-state index >= 15 is 0 Å². The minimum atomic E-state index is -0.0582. The number of carbonyl (C=O) groups excluding carboxylic acids is 1. The molecule has 1 rings (SSSR count). The van der Waals surface area contributed by atoms with Crippen LogP contribution >= 0.6 is 0 Å². The molecule has 1 amide bonds. The molecule has 0 saturated carbocycles. The smallest absolute Gasteiger partial charge is 0.223 e. The number of nitrogens with zero attached hydrogens (tertiary/aromatic N) is 1. The summed E-state index contributed by atoms with van der Waals surface area (Å²) in [7, 11) is 0. The van der Waals surface area contributed by atoms with Gasteiger partial charge in [-0.25, -0.2) is 0 Å². The predicted molar refractivity (Wildman–Crippen MR) is 71.9 cm³/mol. The summed E-state index contributed by atoms with van der Waals surface area (Å²) in [6.07, 6.45) is 0.661. The average Bonchev–Trinajstić information content (AvgIpc) is 2.15. The van der Waals surface area contributed by atoms with Gasteiger partial charge in [-0.3, -0.25) is 4.79 Å². The average molecular weight is 240 g/mol. The number of nitrogens with one attached hydrogen (secondary N) is 1. The van der Waals surface area contributed by atoms with E-state index in [0.717, 1.165) is 13.1 Å². The summed E-state index contributed by atoms with van der Waals surface area (Å²) in [5.41, 5.74) is -0.0582. The van der Waals surface area contributed by atoms with Gasteiger partial charge in [0.1, 0.15) is 0 Å². The van der Waals surface area contributed by atoms with Crippen molar-refractivity contribution in [3.63, 3.8) is 0 Å². The van der Waals surface area contributed by atoms with Crippen molar-refractivity contribution >= 4 is 5.91 Å². The minimum absolute atomic E-state index is 0.0582. The second-order valence-corrected chi connectivity index (χ2v) is 6.65. The molecule has 0 bridgehead atoms. The van der Waals surface area contributed by atoms with Gasteiger partial charge in [0.05, 0.1) is 0 Å². The molecule has 1 saturated heterocycles. The number of hydrogen-bond acceptors (Lipinski definition) is 2. The summed E-state index contributed by atoms with van der Waals surface area (Å²) in [5, 5.41) is 3.55. The van der Waals surface area contributed by atoms with Crippen molar-refractivity contribution in [3.8, 4) is 0 Å². The van der Waals surface area contributed by atoms with E-state index < -0.39 is 0 Å². The predicted octanol–water partition coefficient (Wildman–Crippen LogP) is 2.27. The standard InChI is InChI=1S/C14H28N2O/c1-10(2)7-13(17)16-8-12(11(3)4)15-9-14(16,5)6/h10-12,15H,7-9H2,1-6H3.